The molecule has 0 aliphatic carbocycles. The smallest absolute Gasteiger partial charge is 0.143 e. The van der Waals surface area contributed by atoms with Crippen molar-refractivity contribution in [3.05, 3.63) is 46.4 Å². The minimum absolute atomic E-state index is 0.537. The van der Waals surface area contributed by atoms with E-state index in [1.54, 1.807) is 6.07 Å². The van der Waals surface area contributed by atoms with Crippen LogP contribution in [0.5, 0.6) is 0 Å². The molecule has 0 saturated carbocycles. The number of nitrogens with zero attached hydrogens (tertiary/aromatic N) is 2. The Morgan fingerprint density at radius 1 is 1.20 bits per heavy atom. The molecule has 3 nitrogen and oxygen atoms in total. The van der Waals surface area contributed by atoms with Crippen LogP contribution in [0.15, 0.2) is 36.4 Å². The lowest BCUT2D eigenvalue weighted by Gasteiger charge is -2.09. The van der Waals surface area contributed by atoms with Crippen molar-refractivity contribution in [2.24, 2.45) is 0 Å². The van der Waals surface area contributed by atoms with Crippen LogP contribution in [-0.4, -0.2) is 9.55 Å². The van der Waals surface area contributed by atoms with E-state index in [0.29, 0.717) is 15.7 Å². The van der Waals surface area contributed by atoms with E-state index in [-0.39, 0.29) is 0 Å². The Labute approximate surface area is 126 Å². The summed E-state index contributed by atoms with van der Waals surface area (Å²) in [6.45, 7) is 2.86. The summed E-state index contributed by atoms with van der Waals surface area (Å²) in [6, 6.07) is 11.3. The number of halogens is 2. The molecular formula is C15H13Cl2N3. The van der Waals surface area contributed by atoms with Crippen LogP contribution in [0.2, 0.25) is 10.0 Å². The monoisotopic (exact) mass is 305 g/mol. The van der Waals surface area contributed by atoms with Crippen LogP contribution in [-0.2, 0) is 6.54 Å². The number of hydrogen-bond donors (Lipinski definition) is 1. The van der Waals surface area contributed by atoms with Crippen LogP contribution >= 0.6 is 23.2 Å². The molecule has 20 heavy (non-hydrogen) atoms. The van der Waals surface area contributed by atoms with Gasteiger partial charge in [-0.2, -0.15) is 0 Å². The van der Waals surface area contributed by atoms with Gasteiger partial charge in [-0.05, 0) is 37.3 Å². The van der Waals surface area contributed by atoms with E-state index >= 15 is 0 Å². The number of anilines is 1. The van der Waals surface area contributed by atoms with Gasteiger partial charge in [-0.3, -0.25) is 0 Å². The highest BCUT2D eigenvalue weighted by Gasteiger charge is 2.15. The van der Waals surface area contributed by atoms with Crippen LogP contribution < -0.4 is 5.73 Å². The van der Waals surface area contributed by atoms with Gasteiger partial charge in [0.1, 0.15) is 5.82 Å². The molecule has 3 aromatic rings. The van der Waals surface area contributed by atoms with Crippen molar-refractivity contribution in [2.45, 2.75) is 13.5 Å². The molecule has 0 aliphatic heterocycles. The number of fused-ring (bicyclic) bond motifs is 1. The summed E-state index contributed by atoms with van der Waals surface area (Å²) in [5, 5.41) is 1.21. The molecule has 0 aliphatic rings. The van der Waals surface area contributed by atoms with Crippen LogP contribution in [0.1, 0.15) is 6.92 Å². The fourth-order valence-corrected chi connectivity index (χ4v) is 2.70. The lowest BCUT2D eigenvalue weighted by molar-refractivity contribution is 0.796. The Bertz CT molecular complexity index is 793. The van der Waals surface area contributed by atoms with E-state index < -0.39 is 0 Å². The second kappa shape index (κ2) is 5.00. The first-order valence-electron chi connectivity index (χ1n) is 6.32. The Morgan fingerprint density at radius 3 is 2.75 bits per heavy atom. The maximum absolute atomic E-state index is 6.10. The average molecular weight is 306 g/mol. The maximum Gasteiger partial charge on any atom is 0.143 e. The molecule has 1 aromatic heterocycles. The number of aromatic nitrogens is 2. The molecule has 0 unspecified atom stereocenters. The predicted molar refractivity (Wildman–Crippen MR) is 85.3 cm³/mol. The topological polar surface area (TPSA) is 43.8 Å². The number of hydrogen-bond acceptors (Lipinski definition) is 2. The molecule has 0 radical (unpaired) electrons. The summed E-state index contributed by atoms with van der Waals surface area (Å²) in [7, 11) is 0. The average Bonchev–Trinajstić information content (AvgIpc) is 2.79. The van der Waals surface area contributed by atoms with E-state index in [4.69, 9.17) is 28.9 Å². The maximum atomic E-state index is 6.10. The summed E-state index contributed by atoms with van der Waals surface area (Å²) >= 11 is 12.1. The zero-order valence-corrected chi connectivity index (χ0v) is 12.4. The molecule has 5 heteroatoms. The fraction of sp³-hybridized carbons (Fsp3) is 0.133. The number of rotatable bonds is 2. The Kier molecular flexibility index (Phi) is 3.32. The van der Waals surface area contributed by atoms with Crippen LogP contribution in [0.3, 0.4) is 0 Å². The number of para-hydroxylation sites is 1. The van der Waals surface area contributed by atoms with Crippen LogP contribution in [0.25, 0.3) is 22.4 Å². The standard InChI is InChI=1S/C15H13Cl2N3/c1-2-20-13-7-6-9(16)8-12(13)19-15(20)10-4-3-5-11(17)14(10)18/h3-8H,2,18H2,1H3. The van der Waals surface area contributed by atoms with Gasteiger partial charge >= 0.3 is 0 Å². The van der Waals surface area contributed by atoms with Crippen molar-refractivity contribution >= 4 is 39.9 Å². The molecule has 102 valence electrons. The third-order valence-corrected chi connectivity index (χ3v) is 3.89. The minimum atomic E-state index is 0.537. The van der Waals surface area contributed by atoms with Gasteiger partial charge in [0.05, 0.1) is 21.7 Å². The zero-order chi connectivity index (χ0) is 14.3. The molecule has 0 atom stereocenters. The predicted octanol–water partition coefficient (Wildman–Crippen LogP) is 4.61. The number of nitrogens with two attached hydrogens (primary N) is 1. The second-order valence-corrected chi connectivity index (χ2v) is 5.36. The number of nitrogen functional groups attached to an aromatic ring is 1. The van der Waals surface area contributed by atoms with Gasteiger partial charge in [-0.25, -0.2) is 4.98 Å². The van der Waals surface area contributed by atoms with Gasteiger partial charge < -0.3 is 10.3 Å². The minimum Gasteiger partial charge on any atom is -0.397 e. The summed E-state index contributed by atoms with van der Waals surface area (Å²) in [5.74, 6) is 0.810. The lowest BCUT2D eigenvalue weighted by atomic mass is 10.1. The SMILES string of the molecule is CCn1c(-c2cccc(Cl)c2N)nc2cc(Cl)ccc21. The highest BCUT2D eigenvalue weighted by atomic mass is 35.5. The van der Waals surface area contributed by atoms with E-state index in [2.05, 4.69) is 16.5 Å². The van der Waals surface area contributed by atoms with Gasteiger partial charge in [0.15, 0.2) is 0 Å². The summed E-state index contributed by atoms with van der Waals surface area (Å²) < 4.78 is 2.10. The van der Waals surface area contributed by atoms with Crippen LogP contribution in [0.4, 0.5) is 5.69 Å². The van der Waals surface area contributed by atoms with Crippen molar-refractivity contribution in [1.82, 2.24) is 9.55 Å². The number of imidazole rings is 1. The quantitative estimate of drug-likeness (QED) is 0.702. The molecule has 1 heterocycles. The Balaban J connectivity index is 2.33. The first-order chi connectivity index (χ1) is 9.61. The van der Waals surface area contributed by atoms with Crippen molar-refractivity contribution in [1.29, 1.82) is 0 Å². The summed E-state index contributed by atoms with van der Waals surface area (Å²) in [4.78, 5) is 4.66. The fourth-order valence-electron chi connectivity index (χ4n) is 2.36. The van der Waals surface area contributed by atoms with Crippen molar-refractivity contribution < 1.29 is 0 Å². The Hall–Kier alpha value is -1.71. The third-order valence-electron chi connectivity index (χ3n) is 3.32. The van der Waals surface area contributed by atoms with Crippen molar-refractivity contribution in [3.8, 4) is 11.4 Å². The normalized spacial score (nSPS) is 11.2. The van der Waals surface area contributed by atoms with E-state index in [0.717, 1.165) is 29.0 Å². The van der Waals surface area contributed by atoms with E-state index in [1.807, 2.05) is 30.3 Å². The third kappa shape index (κ3) is 2.03. The molecule has 2 N–H and O–H groups in total. The highest BCUT2D eigenvalue weighted by Crippen LogP contribution is 2.33. The van der Waals surface area contributed by atoms with E-state index in [1.165, 1.54) is 0 Å². The van der Waals surface area contributed by atoms with Gasteiger partial charge in [-0.15, -0.1) is 0 Å². The van der Waals surface area contributed by atoms with Gasteiger partial charge in [-0.1, -0.05) is 29.3 Å². The molecule has 0 spiro atoms. The lowest BCUT2D eigenvalue weighted by Crippen LogP contribution is -2.00. The molecular weight excluding hydrogens is 293 g/mol. The second-order valence-electron chi connectivity index (χ2n) is 4.51. The van der Waals surface area contributed by atoms with E-state index in [9.17, 15) is 0 Å². The molecule has 0 amide bonds. The van der Waals surface area contributed by atoms with Crippen molar-refractivity contribution in [2.75, 3.05) is 5.73 Å². The summed E-state index contributed by atoms with van der Waals surface area (Å²) in [5.41, 5.74) is 9.35. The molecule has 2 aromatic carbocycles. The first kappa shape index (κ1) is 13.3. The highest BCUT2D eigenvalue weighted by molar-refractivity contribution is 6.33. The van der Waals surface area contributed by atoms with Crippen LogP contribution in [0, 0.1) is 0 Å². The summed E-state index contributed by atoms with van der Waals surface area (Å²) in [6.07, 6.45) is 0. The molecule has 3 rings (SSSR count). The van der Waals surface area contributed by atoms with Gasteiger partial charge in [0, 0.05) is 17.1 Å². The largest absolute Gasteiger partial charge is 0.397 e. The van der Waals surface area contributed by atoms with Gasteiger partial charge in [0.25, 0.3) is 0 Å². The first-order valence-corrected chi connectivity index (χ1v) is 7.07. The van der Waals surface area contributed by atoms with Gasteiger partial charge in [0.2, 0.25) is 0 Å². The van der Waals surface area contributed by atoms with Crippen molar-refractivity contribution in [3.63, 3.8) is 0 Å². The zero-order valence-electron chi connectivity index (χ0n) is 10.9. The number of benzene rings is 2. The molecule has 0 fully saturated rings. The molecule has 0 saturated heterocycles. The Morgan fingerprint density at radius 2 is 2.00 bits per heavy atom. The number of aryl methyl sites for hydroxylation is 1. The molecule has 0 bridgehead atoms.